The van der Waals surface area contributed by atoms with Crippen molar-refractivity contribution in [3.8, 4) is 0 Å². The Morgan fingerprint density at radius 2 is 1.44 bits per heavy atom. The highest BCUT2D eigenvalue weighted by Crippen LogP contribution is 2.31. The van der Waals surface area contributed by atoms with Gasteiger partial charge in [-0.25, -0.2) is 4.79 Å². The van der Waals surface area contributed by atoms with Gasteiger partial charge in [0.2, 0.25) is 5.91 Å². The molecule has 0 radical (unpaired) electrons. The summed E-state index contributed by atoms with van der Waals surface area (Å²) in [5.74, 6) is -1.41. The molecule has 0 heterocycles. The summed E-state index contributed by atoms with van der Waals surface area (Å²) in [6.45, 7) is 8.54. The first kappa shape index (κ1) is 35.5. The summed E-state index contributed by atoms with van der Waals surface area (Å²) in [4.78, 5) is 43.8. The van der Waals surface area contributed by atoms with Crippen LogP contribution in [0.1, 0.15) is 45.7 Å². The molecule has 0 fully saturated rings. The van der Waals surface area contributed by atoms with Gasteiger partial charge in [-0.1, -0.05) is 30.3 Å². The second-order valence-corrected chi connectivity index (χ2v) is 10.0. The minimum absolute atomic E-state index is 0.0210. The van der Waals surface area contributed by atoms with Crippen molar-refractivity contribution in [1.29, 1.82) is 0 Å². The molecule has 0 saturated carbocycles. The van der Waals surface area contributed by atoms with E-state index in [9.17, 15) is 32.7 Å². The molecule has 43 heavy (non-hydrogen) atoms. The number of alkyl halides is 3. The number of nitrogens with zero attached hydrogens (tertiary/aromatic N) is 3. The highest BCUT2D eigenvalue weighted by atomic mass is 19.4. The van der Waals surface area contributed by atoms with Gasteiger partial charge >= 0.3 is 12.3 Å². The van der Waals surface area contributed by atoms with Gasteiger partial charge in [0.25, 0.3) is 5.91 Å². The Hall–Kier alpha value is -3.68. The number of anilines is 1. The molecular weight excluding hydrogens is 569 g/mol. The van der Waals surface area contributed by atoms with Crippen molar-refractivity contribution in [1.82, 2.24) is 9.80 Å². The standard InChI is InChI=1S/C30H41F3N4O6/c1-6-42-26(43-7-2)19-35(20(3)4)27(38)21(5)37(24-15-13-23(14-16-24)30(31,32)33)28(39)25(17-34)36(29(40)41)18-22-11-9-8-10-12-22/h8-16,20-21,25-26H,6-7,17-19,34H2,1-5H3,(H,40,41). The van der Waals surface area contributed by atoms with Crippen LogP contribution in [0.2, 0.25) is 0 Å². The summed E-state index contributed by atoms with van der Waals surface area (Å²) < 4.78 is 51.2. The van der Waals surface area contributed by atoms with Crippen molar-refractivity contribution >= 4 is 23.6 Å². The lowest BCUT2D eigenvalue weighted by Gasteiger charge is -2.39. The molecular formula is C30H41F3N4O6. The maximum absolute atomic E-state index is 14.2. The van der Waals surface area contributed by atoms with E-state index in [1.165, 1.54) is 11.8 Å². The van der Waals surface area contributed by atoms with Gasteiger partial charge in [0, 0.05) is 38.0 Å². The fourth-order valence-electron chi connectivity index (χ4n) is 4.56. The second kappa shape index (κ2) is 16.2. The van der Waals surface area contributed by atoms with Gasteiger partial charge in [-0.05, 0) is 64.4 Å². The topological polar surface area (TPSA) is 126 Å². The molecule has 3 amide bonds. The molecule has 2 aromatic rings. The molecule has 2 rings (SSSR count). The number of hydrogen-bond acceptors (Lipinski definition) is 6. The lowest BCUT2D eigenvalue weighted by molar-refractivity contribution is -0.162. The number of rotatable bonds is 15. The van der Waals surface area contributed by atoms with E-state index in [0.29, 0.717) is 18.8 Å². The van der Waals surface area contributed by atoms with Crippen LogP contribution in [0, 0.1) is 0 Å². The SMILES string of the molecule is CCOC(CN(C(=O)C(C)N(C(=O)C(CN)N(Cc1ccccc1)C(=O)O)c1ccc(C(F)(F)F)cc1)C(C)C)OCC. The third-order valence-corrected chi connectivity index (χ3v) is 6.74. The number of amides is 3. The zero-order chi connectivity index (χ0) is 32.3. The molecule has 0 aromatic heterocycles. The minimum Gasteiger partial charge on any atom is -0.465 e. The van der Waals surface area contributed by atoms with Crippen LogP contribution in [0.4, 0.5) is 23.7 Å². The predicted octanol–water partition coefficient (Wildman–Crippen LogP) is 4.57. The summed E-state index contributed by atoms with van der Waals surface area (Å²) in [6.07, 6.45) is -6.82. The smallest absolute Gasteiger partial charge is 0.416 e. The molecule has 0 aliphatic carbocycles. The lowest BCUT2D eigenvalue weighted by atomic mass is 10.1. The Bertz CT molecular complexity index is 1170. The van der Waals surface area contributed by atoms with E-state index in [-0.39, 0.29) is 24.8 Å². The van der Waals surface area contributed by atoms with Gasteiger partial charge in [0.1, 0.15) is 12.1 Å². The first-order valence-electron chi connectivity index (χ1n) is 14.0. The summed E-state index contributed by atoms with van der Waals surface area (Å²) in [5, 5.41) is 10.0. The summed E-state index contributed by atoms with van der Waals surface area (Å²) in [5.41, 5.74) is 5.56. The van der Waals surface area contributed by atoms with E-state index in [2.05, 4.69) is 0 Å². The molecule has 10 nitrogen and oxygen atoms in total. The third kappa shape index (κ3) is 9.66. The van der Waals surface area contributed by atoms with Crippen molar-refractivity contribution in [3.05, 3.63) is 65.7 Å². The van der Waals surface area contributed by atoms with E-state index >= 15 is 0 Å². The normalized spacial score (nSPS) is 13.1. The van der Waals surface area contributed by atoms with Crippen LogP contribution in [0.3, 0.4) is 0 Å². The largest absolute Gasteiger partial charge is 0.465 e. The molecule has 0 saturated heterocycles. The van der Waals surface area contributed by atoms with Crippen LogP contribution in [-0.4, -0.2) is 83.5 Å². The number of halogens is 3. The van der Waals surface area contributed by atoms with E-state index in [1.54, 1.807) is 58.0 Å². The molecule has 238 valence electrons. The van der Waals surface area contributed by atoms with Gasteiger partial charge in [-0.3, -0.25) is 19.4 Å². The number of ether oxygens (including phenoxy) is 2. The first-order valence-corrected chi connectivity index (χ1v) is 14.0. The zero-order valence-corrected chi connectivity index (χ0v) is 25.1. The van der Waals surface area contributed by atoms with E-state index in [0.717, 1.165) is 34.1 Å². The van der Waals surface area contributed by atoms with Crippen LogP contribution >= 0.6 is 0 Å². The highest BCUT2D eigenvalue weighted by molar-refractivity contribution is 6.04. The van der Waals surface area contributed by atoms with Gasteiger partial charge in [-0.2, -0.15) is 13.2 Å². The Morgan fingerprint density at radius 1 is 0.884 bits per heavy atom. The summed E-state index contributed by atoms with van der Waals surface area (Å²) in [7, 11) is 0. The van der Waals surface area contributed by atoms with Crippen LogP contribution in [0.25, 0.3) is 0 Å². The molecule has 13 heteroatoms. The Labute approximate surface area is 250 Å². The molecule has 0 spiro atoms. The van der Waals surface area contributed by atoms with Crippen LogP contribution in [0.5, 0.6) is 0 Å². The first-order chi connectivity index (χ1) is 20.3. The average molecular weight is 611 g/mol. The van der Waals surface area contributed by atoms with Crippen molar-refractivity contribution in [2.45, 2.75) is 71.8 Å². The number of benzene rings is 2. The van der Waals surface area contributed by atoms with Gasteiger partial charge < -0.3 is 25.2 Å². The summed E-state index contributed by atoms with van der Waals surface area (Å²) in [6, 6.07) is 9.18. The van der Waals surface area contributed by atoms with E-state index in [4.69, 9.17) is 15.2 Å². The quantitative estimate of drug-likeness (QED) is 0.283. The van der Waals surface area contributed by atoms with Crippen molar-refractivity contribution in [3.63, 3.8) is 0 Å². The molecule has 2 aromatic carbocycles. The maximum Gasteiger partial charge on any atom is 0.416 e. The average Bonchev–Trinajstić information content (AvgIpc) is 2.95. The second-order valence-electron chi connectivity index (χ2n) is 10.0. The predicted molar refractivity (Wildman–Crippen MR) is 155 cm³/mol. The van der Waals surface area contributed by atoms with E-state index < -0.39 is 54.6 Å². The Balaban J connectivity index is 2.58. The molecule has 0 aliphatic rings. The van der Waals surface area contributed by atoms with Gasteiger partial charge in [0.05, 0.1) is 12.1 Å². The Morgan fingerprint density at radius 3 is 1.88 bits per heavy atom. The zero-order valence-electron chi connectivity index (χ0n) is 25.1. The maximum atomic E-state index is 14.2. The molecule has 2 unspecified atom stereocenters. The number of carbonyl (C=O) groups is 3. The molecule has 3 N–H and O–H groups in total. The third-order valence-electron chi connectivity index (χ3n) is 6.74. The summed E-state index contributed by atoms with van der Waals surface area (Å²) >= 11 is 0. The molecule has 0 bridgehead atoms. The molecule has 2 atom stereocenters. The monoisotopic (exact) mass is 610 g/mol. The van der Waals surface area contributed by atoms with Crippen molar-refractivity contribution < 1.29 is 42.1 Å². The van der Waals surface area contributed by atoms with Crippen LogP contribution in [-0.2, 0) is 31.8 Å². The fraction of sp³-hybridized carbons (Fsp3) is 0.500. The van der Waals surface area contributed by atoms with Crippen LogP contribution in [0.15, 0.2) is 54.6 Å². The lowest BCUT2D eigenvalue weighted by Crippen LogP contribution is -2.59. The number of hydrogen-bond donors (Lipinski definition) is 2. The number of carbonyl (C=O) groups excluding carboxylic acids is 2. The molecule has 0 aliphatic heterocycles. The highest BCUT2D eigenvalue weighted by Gasteiger charge is 2.39. The number of nitrogens with two attached hydrogens (primary N) is 1. The number of carboxylic acid groups (broad SMARTS) is 1. The van der Waals surface area contributed by atoms with Crippen molar-refractivity contribution in [2.24, 2.45) is 5.73 Å². The van der Waals surface area contributed by atoms with Crippen molar-refractivity contribution in [2.75, 3.05) is 31.2 Å². The fourth-order valence-corrected chi connectivity index (χ4v) is 4.56. The van der Waals surface area contributed by atoms with Gasteiger partial charge in [0.15, 0.2) is 6.29 Å². The van der Waals surface area contributed by atoms with E-state index in [1.807, 2.05) is 0 Å². The minimum atomic E-state index is -4.63. The Kier molecular flexibility index (Phi) is 13.4. The van der Waals surface area contributed by atoms with Gasteiger partial charge in [-0.15, -0.1) is 0 Å². The van der Waals surface area contributed by atoms with Crippen LogP contribution < -0.4 is 10.6 Å².